The molecule has 1 amide bonds. The Bertz CT molecular complexity index is 1090. The number of amides is 1. The molecule has 3 aliphatic heterocycles. The number of anilines is 2. The molecule has 2 aromatic rings. The first-order chi connectivity index (χ1) is 16.9. The number of carbonyl (C=O) groups is 1. The van der Waals surface area contributed by atoms with Crippen molar-refractivity contribution in [2.24, 2.45) is 5.92 Å². The maximum absolute atomic E-state index is 12.9. The van der Waals surface area contributed by atoms with E-state index in [-0.39, 0.29) is 24.5 Å². The summed E-state index contributed by atoms with van der Waals surface area (Å²) in [6.07, 6.45) is 3.81. The molecule has 0 N–H and O–H groups in total. The van der Waals surface area contributed by atoms with Gasteiger partial charge in [-0.1, -0.05) is 0 Å². The second kappa shape index (κ2) is 9.47. The lowest BCUT2D eigenvalue weighted by Gasteiger charge is -2.32. The van der Waals surface area contributed by atoms with Crippen molar-refractivity contribution in [3.63, 3.8) is 0 Å². The van der Waals surface area contributed by atoms with Gasteiger partial charge in [-0.25, -0.2) is 4.98 Å². The average molecular weight is 456 g/mol. The first-order valence-electron chi connectivity index (χ1n) is 12.5. The molecule has 1 aromatic heterocycles. The summed E-state index contributed by atoms with van der Waals surface area (Å²) in [6.45, 7) is 2.50. The Morgan fingerprint density at radius 1 is 1.21 bits per heavy atom. The van der Waals surface area contributed by atoms with E-state index in [4.69, 9.17) is 21.7 Å². The number of aryl methyl sites for hydroxylation is 1. The number of aromatic nitrogens is 1. The summed E-state index contributed by atoms with van der Waals surface area (Å²) in [7, 11) is 1.56. The summed E-state index contributed by atoms with van der Waals surface area (Å²) < 4.78 is 39.8. The zero-order valence-corrected chi connectivity index (χ0v) is 19.1. The predicted molar refractivity (Wildman–Crippen MR) is 124 cm³/mol. The van der Waals surface area contributed by atoms with E-state index in [0.717, 1.165) is 24.8 Å². The van der Waals surface area contributed by atoms with Crippen molar-refractivity contribution >= 4 is 17.3 Å². The van der Waals surface area contributed by atoms with Gasteiger partial charge in [0.1, 0.15) is 24.2 Å². The molecule has 8 nitrogen and oxygen atoms in total. The number of methoxy groups -OCH3 is 1. The fourth-order valence-electron chi connectivity index (χ4n) is 4.66. The van der Waals surface area contributed by atoms with Crippen LogP contribution in [0.15, 0.2) is 30.5 Å². The van der Waals surface area contributed by atoms with E-state index in [1.807, 2.05) is 24.0 Å². The van der Waals surface area contributed by atoms with Crippen LogP contribution in [0, 0.1) is 12.8 Å². The molecule has 33 heavy (non-hydrogen) atoms. The third-order valence-electron chi connectivity index (χ3n) is 6.42. The highest BCUT2D eigenvalue weighted by molar-refractivity contribution is 5.79. The molecule has 0 saturated carbocycles. The largest absolute Gasteiger partial charge is 0.490 e. The van der Waals surface area contributed by atoms with Gasteiger partial charge >= 0.3 is 0 Å². The van der Waals surface area contributed by atoms with E-state index in [1.165, 1.54) is 0 Å². The van der Waals surface area contributed by atoms with Gasteiger partial charge in [0.2, 0.25) is 11.8 Å². The van der Waals surface area contributed by atoms with Gasteiger partial charge in [0.05, 0.1) is 40.5 Å². The highest BCUT2D eigenvalue weighted by atomic mass is 16.5. The van der Waals surface area contributed by atoms with Crippen molar-refractivity contribution in [2.75, 3.05) is 51.4 Å². The highest BCUT2D eigenvalue weighted by Crippen LogP contribution is 2.40. The van der Waals surface area contributed by atoms with Gasteiger partial charge in [-0.3, -0.25) is 4.79 Å². The van der Waals surface area contributed by atoms with Crippen molar-refractivity contribution in [2.45, 2.75) is 32.3 Å². The van der Waals surface area contributed by atoms with Gasteiger partial charge in [0.25, 0.3) is 0 Å². The van der Waals surface area contributed by atoms with Crippen LogP contribution in [0.4, 0.5) is 11.4 Å². The molecule has 0 radical (unpaired) electrons. The molecule has 2 fully saturated rings. The zero-order chi connectivity index (χ0) is 24.6. The van der Waals surface area contributed by atoms with Crippen molar-refractivity contribution in [1.82, 2.24) is 9.88 Å². The average Bonchev–Trinajstić information content (AvgIpc) is 3.32. The van der Waals surface area contributed by atoms with Gasteiger partial charge in [0, 0.05) is 43.7 Å². The standard InChI is InChI=1S/C25H31N3O5/c1-17-13-19(15-26-24(17)30-2)28-9-12-32-23-4-3-20(14-22(23)28)33-21-5-8-27(16-21)25(29)18-6-10-31-11-7-18/h3-4,13-15,18,21H,5-12,16H2,1-2H3/t21-/m0/s1/i9D2. The molecule has 0 unspecified atom stereocenters. The van der Waals surface area contributed by atoms with Crippen molar-refractivity contribution in [1.29, 1.82) is 0 Å². The van der Waals surface area contributed by atoms with Crippen LogP contribution < -0.4 is 19.1 Å². The van der Waals surface area contributed by atoms with Gasteiger partial charge in [-0.15, -0.1) is 0 Å². The summed E-state index contributed by atoms with van der Waals surface area (Å²) in [5.74, 6) is 1.92. The maximum atomic E-state index is 12.9. The van der Waals surface area contributed by atoms with Crippen molar-refractivity contribution in [3.05, 3.63) is 36.0 Å². The second-order valence-electron chi connectivity index (χ2n) is 8.63. The lowest BCUT2D eigenvalue weighted by atomic mass is 9.99. The van der Waals surface area contributed by atoms with Gasteiger partial charge in [-0.05, 0) is 38.0 Å². The van der Waals surface area contributed by atoms with Crippen molar-refractivity contribution in [3.8, 4) is 17.4 Å². The number of carbonyl (C=O) groups excluding carboxylic acids is 1. The van der Waals surface area contributed by atoms with E-state index in [0.29, 0.717) is 55.1 Å². The van der Waals surface area contributed by atoms with Crippen LogP contribution in [0.25, 0.3) is 0 Å². The summed E-state index contributed by atoms with van der Waals surface area (Å²) in [5, 5.41) is 0. The van der Waals surface area contributed by atoms with Crippen LogP contribution in [0.3, 0.4) is 0 Å². The number of pyridine rings is 1. The molecular weight excluding hydrogens is 422 g/mol. The third-order valence-corrected chi connectivity index (χ3v) is 6.42. The normalized spacial score (nSPS) is 23.3. The second-order valence-corrected chi connectivity index (χ2v) is 8.63. The number of likely N-dealkylation sites (tertiary alicyclic amines) is 1. The number of fused-ring (bicyclic) bond motifs is 1. The Morgan fingerprint density at radius 2 is 2.06 bits per heavy atom. The van der Waals surface area contributed by atoms with E-state index >= 15 is 0 Å². The third kappa shape index (κ3) is 4.57. The molecule has 5 rings (SSSR count). The molecule has 3 aliphatic rings. The monoisotopic (exact) mass is 455 g/mol. The minimum atomic E-state index is -1.78. The Hall–Kier alpha value is -3.00. The Morgan fingerprint density at radius 3 is 2.85 bits per heavy atom. The quantitative estimate of drug-likeness (QED) is 0.685. The minimum Gasteiger partial charge on any atom is -0.490 e. The van der Waals surface area contributed by atoms with E-state index in [9.17, 15) is 4.79 Å². The number of rotatable bonds is 5. The molecule has 176 valence electrons. The topological polar surface area (TPSA) is 73.4 Å². The molecule has 1 atom stereocenters. The summed E-state index contributed by atoms with van der Waals surface area (Å²) in [5.41, 5.74) is 1.98. The molecular formula is C25H31N3O5. The smallest absolute Gasteiger partial charge is 0.225 e. The van der Waals surface area contributed by atoms with Gasteiger partial charge < -0.3 is 28.7 Å². The first-order valence-corrected chi connectivity index (χ1v) is 11.5. The van der Waals surface area contributed by atoms with E-state index in [2.05, 4.69) is 4.98 Å². The van der Waals surface area contributed by atoms with Gasteiger partial charge in [0.15, 0.2) is 0 Å². The fraction of sp³-hybridized carbons (Fsp3) is 0.520. The zero-order valence-electron chi connectivity index (χ0n) is 21.1. The molecule has 0 spiro atoms. The summed E-state index contributed by atoms with van der Waals surface area (Å²) in [4.78, 5) is 20.7. The Balaban J connectivity index is 1.34. The SMILES string of the molecule is [2H]C1([2H])COc2ccc(O[C@H]3CCN(C(=O)C4CCOCC4)C3)cc2N1c1cnc(OC)c(C)c1. The van der Waals surface area contributed by atoms with E-state index in [1.54, 1.807) is 30.3 Å². The Kier molecular flexibility index (Phi) is 5.59. The number of ether oxygens (including phenoxy) is 4. The van der Waals surface area contributed by atoms with Crippen LogP contribution in [0.2, 0.25) is 0 Å². The van der Waals surface area contributed by atoms with Crippen LogP contribution >= 0.6 is 0 Å². The van der Waals surface area contributed by atoms with E-state index < -0.39 is 6.50 Å². The Labute approximate surface area is 197 Å². The van der Waals surface area contributed by atoms with Crippen molar-refractivity contribution < 1.29 is 26.5 Å². The predicted octanol–water partition coefficient (Wildman–Crippen LogP) is 3.34. The molecule has 8 heteroatoms. The first kappa shape index (κ1) is 19.5. The number of benzene rings is 1. The number of hydrogen-bond donors (Lipinski definition) is 0. The fourth-order valence-corrected chi connectivity index (χ4v) is 4.66. The molecule has 2 saturated heterocycles. The van der Waals surface area contributed by atoms with Crippen LogP contribution in [-0.4, -0.2) is 68.4 Å². The lowest BCUT2D eigenvalue weighted by Crippen LogP contribution is -2.38. The van der Waals surface area contributed by atoms with Crippen LogP contribution in [0.1, 0.15) is 27.6 Å². The minimum absolute atomic E-state index is 0.0424. The van der Waals surface area contributed by atoms with Crippen LogP contribution in [0.5, 0.6) is 17.4 Å². The van der Waals surface area contributed by atoms with Crippen LogP contribution in [-0.2, 0) is 9.53 Å². The summed E-state index contributed by atoms with van der Waals surface area (Å²) >= 11 is 0. The highest BCUT2D eigenvalue weighted by Gasteiger charge is 2.33. The maximum Gasteiger partial charge on any atom is 0.225 e. The van der Waals surface area contributed by atoms with Gasteiger partial charge in [-0.2, -0.15) is 0 Å². The molecule has 0 aliphatic carbocycles. The lowest BCUT2D eigenvalue weighted by molar-refractivity contribution is -0.137. The molecule has 0 bridgehead atoms. The molecule has 4 heterocycles. The molecule has 1 aromatic carbocycles. The number of nitrogens with zero attached hydrogens (tertiary/aromatic N) is 3. The summed E-state index contributed by atoms with van der Waals surface area (Å²) in [6, 6.07) is 7.28. The number of hydrogen-bond acceptors (Lipinski definition) is 7.